The zero-order valence-corrected chi connectivity index (χ0v) is 10.3. The molecule has 1 atom stereocenters. The van der Waals surface area contributed by atoms with Crippen molar-refractivity contribution in [1.29, 1.82) is 0 Å². The number of hydrogen-bond acceptors (Lipinski definition) is 3. The molecule has 1 unspecified atom stereocenters. The highest BCUT2D eigenvalue weighted by Crippen LogP contribution is 2.19. The molecular formula is C10H13BrN2O2. The van der Waals surface area contributed by atoms with Gasteiger partial charge in [-0.1, -0.05) is 22.9 Å². The first-order chi connectivity index (χ1) is 7.04. The summed E-state index contributed by atoms with van der Waals surface area (Å²) in [5.41, 5.74) is 1.51. The van der Waals surface area contributed by atoms with Crippen LogP contribution in [0.3, 0.4) is 0 Å². The largest absolute Gasteiger partial charge is 0.275 e. The van der Waals surface area contributed by atoms with Gasteiger partial charge in [0.2, 0.25) is 0 Å². The molecule has 0 aromatic carbocycles. The lowest BCUT2D eigenvalue weighted by Gasteiger charge is -2.06. The summed E-state index contributed by atoms with van der Waals surface area (Å²) in [5.74, 6) is 0. The van der Waals surface area contributed by atoms with Crippen molar-refractivity contribution < 1.29 is 4.92 Å². The first-order valence-electron chi connectivity index (χ1n) is 4.78. The predicted molar refractivity (Wildman–Crippen MR) is 62.3 cm³/mol. The molecule has 1 aromatic heterocycles. The Morgan fingerprint density at radius 1 is 1.67 bits per heavy atom. The number of pyridine rings is 1. The fourth-order valence-electron chi connectivity index (χ4n) is 1.23. The molecule has 0 aliphatic carbocycles. The second-order valence-corrected chi connectivity index (χ2v) is 4.72. The highest BCUT2D eigenvalue weighted by molar-refractivity contribution is 9.09. The van der Waals surface area contributed by atoms with Gasteiger partial charge in [-0.25, -0.2) is 0 Å². The van der Waals surface area contributed by atoms with Crippen LogP contribution in [0.25, 0.3) is 0 Å². The molecule has 0 aliphatic rings. The molecule has 0 saturated heterocycles. The summed E-state index contributed by atoms with van der Waals surface area (Å²) in [6.45, 7) is 3.75. The molecule has 0 radical (unpaired) electrons. The summed E-state index contributed by atoms with van der Waals surface area (Å²) < 4.78 is 0. The Balaban J connectivity index is 2.92. The van der Waals surface area contributed by atoms with E-state index in [0.717, 1.165) is 18.5 Å². The van der Waals surface area contributed by atoms with E-state index < -0.39 is 0 Å². The molecule has 5 heteroatoms. The van der Waals surface area contributed by atoms with Crippen LogP contribution in [-0.4, -0.2) is 14.7 Å². The average Bonchev–Trinajstić information content (AvgIpc) is 2.20. The molecule has 1 aromatic rings. The second kappa shape index (κ2) is 5.21. The zero-order valence-electron chi connectivity index (χ0n) is 8.74. The van der Waals surface area contributed by atoms with Gasteiger partial charge >= 0.3 is 0 Å². The summed E-state index contributed by atoms with van der Waals surface area (Å²) in [6.07, 6.45) is 3.25. The summed E-state index contributed by atoms with van der Waals surface area (Å²) in [4.78, 5) is 14.8. The van der Waals surface area contributed by atoms with Gasteiger partial charge in [-0.2, -0.15) is 0 Å². The molecule has 0 spiro atoms. The SMILES string of the molecule is CCC(Br)Cc1cc([N+](=O)[O-])c(C)cn1. The van der Waals surface area contributed by atoms with Crippen LogP contribution >= 0.6 is 15.9 Å². The van der Waals surface area contributed by atoms with Crippen LogP contribution in [0.5, 0.6) is 0 Å². The number of rotatable bonds is 4. The number of aryl methyl sites for hydroxylation is 1. The molecule has 0 N–H and O–H groups in total. The van der Waals surface area contributed by atoms with Gasteiger partial charge in [0.05, 0.1) is 4.92 Å². The van der Waals surface area contributed by atoms with Crippen molar-refractivity contribution in [1.82, 2.24) is 4.98 Å². The molecule has 15 heavy (non-hydrogen) atoms. The Hall–Kier alpha value is -0.970. The van der Waals surface area contributed by atoms with E-state index in [1.54, 1.807) is 19.2 Å². The number of nitro groups is 1. The highest BCUT2D eigenvalue weighted by Gasteiger charge is 2.13. The fraction of sp³-hybridized carbons (Fsp3) is 0.500. The van der Waals surface area contributed by atoms with Crippen molar-refractivity contribution in [2.45, 2.75) is 31.5 Å². The van der Waals surface area contributed by atoms with Crippen LogP contribution < -0.4 is 0 Å². The quantitative estimate of drug-likeness (QED) is 0.481. The van der Waals surface area contributed by atoms with Gasteiger partial charge in [0, 0.05) is 34.8 Å². The molecule has 0 fully saturated rings. The summed E-state index contributed by atoms with van der Waals surface area (Å²) in [5, 5.41) is 10.7. The maximum atomic E-state index is 10.7. The zero-order chi connectivity index (χ0) is 11.4. The molecule has 0 amide bonds. The maximum Gasteiger partial charge on any atom is 0.275 e. The van der Waals surface area contributed by atoms with Crippen molar-refractivity contribution in [3.05, 3.63) is 33.6 Å². The van der Waals surface area contributed by atoms with Crippen LogP contribution in [0, 0.1) is 17.0 Å². The molecular weight excluding hydrogens is 260 g/mol. The van der Waals surface area contributed by atoms with Gasteiger partial charge in [0.15, 0.2) is 0 Å². The Morgan fingerprint density at radius 3 is 2.87 bits per heavy atom. The van der Waals surface area contributed by atoms with Gasteiger partial charge < -0.3 is 0 Å². The lowest BCUT2D eigenvalue weighted by atomic mass is 10.1. The van der Waals surface area contributed by atoms with Crippen LogP contribution in [0.2, 0.25) is 0 Å². The van der Waals surface area contributed by atoms with Crippen molar-refractivity contribution in [3.8, 4) is 0 Å². The molecule has 0 aliphatic heterocycles. The van der Waals surface area contributed by atoms with Crippen molar-refractivity contribution in [2.75, 3.05) is 0 Å². The third-order valence-corrected chi connectivity index (χ3v) is 3.17. The van der Waals surface area contributed by atoms with E-state index in [9.17, 15) is 10.1 Å². The normalized spacial score (nSPS) is 12.5. The molecule has 1 heterocycles. The third kappa shape index (κ3) is 3.27. The lowest BCUT2D eigenvalue weighted by Crippen LogP contribution is -2.04. The average molecular weight is 273 g/mol. The topological polar surface area (TPSA) is 56.0 Å². The summed E-state index contributed by atoms with van der Waals surface area (Å²) >= 11 is 3.48. The minimum absolute atomic E-state index is 0.149. The molecule has 1 rings (SSSR count). The van der Waals surface area contributed by atoms with E-state index in [1.165, 1.54) is 0 Å². The Bertz CT molecular complexity index is 368. The number of alkyl halides is 1. The van der Waals surface area contributed by atoms with E-state index in [-0.39, 0.29) is 10.6 Å². The summed E-state index contributed by atoms with van der Waals surface area (Å²) in [7, 11) is 0. The first-order valence-corrected chi connectivity index (χ1v) is 5.70. The van der Waals surface area contributed by atoms with E-state index in [0.29, 0.717) is 10.4 Å². The van der Waals surface area contributed by atoms with Crippen LogP contribution in [0.15, 0.2) is 12.3 Å². The Kier molecular flexibility index (Phi) is 4.20. The molecule has 4 nitrogen and oxygen atoms in total. The third-order valence-electron chi connectivity index (χ3n) is 2.20. The van der Waals surface area contributed by atoms with Crippen LogP contribution in [0.4, 0.5) is 5.69 Å². The summed E-state index contributed by atoms with van der Waals surface area (Å²) in [6, 6.07) is 1.55. The first kappa shape index (κ1) is 12.1. The van der Waals surface area contributed by atoms with Gasteiger partial charge in [-0.15, -0.1) is 0 Å². The van der Waals surface area contributed by atoms with Crippen molar-refractivity contribution >= 4 is 21.6 Å². The van der Waals surface area contributed by atoms with Gasteiger partial charge in [0.25, 0.3) is 5.69 Å². The minimum atomic E-state index is -0.365. The highest BCUT2D eigenvalue weighted by atomic mass is 79.9. The predicted octanol–water partition coefficient (Wildman–Crippen LogP) is 3.01. The molecule has 82 valence electrons. The van der Waals surface area contributed by atoms with E-state index in [4.69, 9.17) is 0 Å². The number of hydrogen-bond donors (Lipinski definition) is 0. The number of aromatic nitrogens is 1. The van der Waals surface area contributed by atoms with E-state index >= 15 is 0 Å². The van der Waals surface area contributed by atoms with E-state index in [2.05, 4.69) is 27.8 Å². The second-order valence-electron chi connectivity index (χ2n) is 3.43. The molecule has 0 bridgehead atoms. The number of halogens is 1. The van der Waals surface area contributed by atoms with Gasteiger partial charge in [-0.05, 0) is 13.3 Å². The van der Waals surface area contributed by atoms with Crippen LogP contribution in [0.1, 0.15) is 24.6 Å². The standard InChI is InChI=1S/C10H13BrN2O2/c1-3-8(11)4-9-5-10(13(14)15)7(2)6-12-9/h5-6,8H,3-4H2,1-2H3. The minimum Gasteiger partial charge on any atom is -0.260 e. The monoisotopic (exact) mass is 272 g/mol. The Labute approximate surface area is 97.0 Å². The van der Waals surface area contributed by atoms with Gasteiger partial charge in [-0.3, -0.25) is 15.1 Å². The van der Waals surface area contributed by atoms with Gasteiger partial charge in [0.1, 0.15) is 0 Å². The van der Waals surface area contributed by atoms with Crippen LogP contribution in [-0.2, 0) is 6.42 Å². The van der Waals surface area contributed by atoms with E-state index in [1.807, 2.05) is 0 Å². The van der Waals surface area contributed by atoms with Crippen molar-refractivity contribution in [2.24, 2.45) is 0 Å². The van der Waals surface area contributed by atoms with Crippen molar-refractivity contribution in [3.63, 3.8) is 0 Å². The Morgan fingerprint density at radius 2 is 2.33 bits per heavy atom. The number of nitrogens with zero attached hydrogens (tertiary/aromatic N) is 2. The molecule has 0 saturated carbocycles. The smallest absolute Gasteiger partial charge is 0.260 e. The maximum absolute atomic E-state index is 10.7. The lowest BCUT2D eigenvalue weighted by molar-refractivity contribution is -0.385. The fourth-order valence-corrected chi connectivity index (χ4v) is 1.57.